The molecule has 0 saturated carbocycles. The highest BCUT2D eigenvalue weighted by molar-refractivity contribution is 7.18. The average molecular weight is 543 g/mol. The lowest BCUT2D eigenvalue weighted by molar-refractivity contribution is -0.668. The Labute approximate surface area is 193 Å². The molecule has 0 atom stereocenters. The molecule has 0 saturated heterocycles. The van der Waals surface area contributed by atoms with Gasteiger partial charge in [-0.3, -0.25) is 0 Å². The maximum atomic E-state index is 9.45. The molecule has 1 heterocycles. The Morgan fingerprint density at radius 3 is 2.28 bits per heavy atom. The zero-order valence-electron chi connectivity index (χ0n) is 16.8. The average Bonchev–Trinajstić information content (AvgIpc) is 3.09. The zero-order chi connectivity index (χ0) is 20.0. The molecule has 1 N–H and O–H groups in total. The highest BCUT2D eigenvalue weighted by Gasteiger charge is 2.37. The van der Waals surface area contributed by atoms with Crippen LogP contribution in [0.5, 0.6) is 5.75 Å². The van der Waals surface area contributed by atoms with Crippen LogP contribution in [0, 0.1) is 0 Å². The quantitative estimate of drug-likeness (QED) is 0.252. The predicted molar refractivity (Wildman–Crippen MR) is 115 cm³/mol. The number of hydrogen-bond acceptors (Lipinski definition) is 5. The van der Waals surface area contributed by atoms with E-state index >= 15 is 0 Å². The van der Waals surface area contributed by atoms with Crippen LogP contribution in [0.2, 0.25) is 6.04 Å². The third kappa shape index (κ3) is 5.86. The lowest BCUT2D eigenvalue weighted by atomic mass is 10.2. The number of rotatable bonds is 9. The fourth-order valence-electron chi connectivity index (χ4n) is 3.17. The van der Waals surface area contributed by atoms with Gasteiger partial charge >= 0.3 is 8.80 Å². The molecule has 29 heavy (non-hydrogen) atoms. The number of aromatic nitrogens is 1. The van der Waals surface area contributed by atoms with Crippen molar-refractivity contribution < 1.29 is 46.9 Å². The Bertz CT molecular complexity index is 933. The van der Waals surface area contributed by atoms with E-state index in [2.05, 4.69) is 41.0 Å². The van der Waals surface area contributed by atoms with Crippen LogP contribution in [0.1, 0.15) is 17.0 Å². The summed E-state index contributed by atoms with van der Waals surface area (Å²) in [5, 5.41) is 10.6. The summed E-state index contributed by atoms with van der Waals surface area (Å²) in [4.78, 5) is 0. The number of fused-ring (bicyclic) bond motifs is 1. The minimum atomic E-state index is -2.56. The number of hydrogen-bond donors (Lipinski definition) is 1. The van der Waals surface area contributed by atoms with E-state index in [4.69, 9.17) is 13.3 Å². The van der Waals surface area contributed by atoms with Gasteiger partial charge in [0.25, 0.3) is 5.01 Å². The Balaban J connectivity index is 0.00000300. The third-order valence-electron chi connectivity index (χ3n) is 4.75. The third-order valence-corrected chi connectivity index (χ3v) is 8.71. The highest BCUT2D eigenvalue weighted by atomic mass is 127. The number of phenols is 1. The molecule has 0 radical (unpaired) electrons. The van der Waals surface area contributed by atoms with Gasteiger partial charge in [0.15, 0.2) is 6.54 Å². The number of phenolic OH excluding ortho intramolecular Hbond substituents is 1. The molecule has 0 fully saturated rings. The van der Waals surface area contributed by atoms with Crippen molar-refractivity contribution in [3.8, 4) is 5.75 Å². The lowest BCUT2D eigenvalue weighted by Gasteiger charge is -2.23. The van der Waals surface area contributed by atoms with E-state index in [0.29, 0.717) is 0 Å². The molecule has 0 aliphatic rings. The van der Waals surface area contributed by atoms with Gasteiger partial charge in [0.05, 0.1) is 0 Å². The van der Waals surface area contributed by atoms with E-state index in [1.807, 2.05) is 12.1 Å². The van der Waals surface area contributed by atoms with Gasteiger partial charge in [0, 0.05) is 45.9 Å². The number of para-hydroxylation sites is 1. The van der Waals surface area contributed by atoms with Crippen LogP contribution in [0.4, 0.5) is 0 Å². The number of nitrogens with zero attached hydrogens (tertiary/aromatic N) is 1. The van der Waals surface area contributed by atoms with Gasteiger partial charge in [-0.15, -0.1) is 0 Å². The Kier molecular flexibility index (Phi) is 9.25. The van der Waals surface area contributed by atoms with Crippen molar-refractivity contribution in [3.63, 3.8) is 0 Å². The fourth-order valence-corrected chi connectivity index (χ4v) is 5.96. The summed E-state index contributed by atoms with van der Waals surface area (Å²) in [7, 11) is 2.39. The first-order chi connectivity index (χ1) is 13.6. The van der Waals surface area contributed by atoms with Gasteiger partial charge in [-0.05, 0) is 29.8 Å². The Morgan fingerprint density at radius 1 is 0.966 bits per heavy atom. The van der Waals surface area contributed by atoms with E-state index in [1.54, 1.807) is 44.8 Å². The number of aryl methyl sites for hydroxylation is 1. The van der Waals surface area contributed by atoms with Crippen LogP contribution in [0.15, 0.2) is 48.5 Å². The minimum Gasteiger partial charge on any atom is -1.00 e. The van der Waals surface area contributed by atoms with Crippen molar-refractivity contribution in [2.45, 2.75) is 19.0 Å². The molecule has 0 bridgehead atoms. The molecule has 2 aromatic carbocycles. The smallest absolute Gasteiger partial charge is 0.500 e. The van der Waals surface area contributed by atoms with Gasteiger partial charge in [0.2, 0.25) is 5.52 Å². The maximum absolute atomic E-state index is 9.45. The predicted octanol–water partition coefficient (Wildman–Crippen LogP) is 1.34. The van der Waals surface area contributed by atoms with Crippen LogP contribution < -0.4 is 28.5 Å². The summed E-state index contributed by atoms with van der Waals surface area (Å²) in [6.45, 7) is 0.851. The standard InChI is InChI=1S/C21H25NO4SSi.HI/c1-24-28(25-2,26-3)16-6-15-22-19-7-4-5-8-20(19)27-21(22)14-11-17-9-12-18(23)13-10-17;/h4-5,7-14H,6,15-16H2,1-3H3;1H. The molecule has 0 aliphatic carbocycles. The minimum absolute atomic E-state index is 0. The second-order valence-corrected chi connectivity index (χ2v) is 10.5. The highest BCUT2D eigenvalue weighted by Crippen LogP contribution is 2.23. The van der Waals surface area contributed by atoms with Gasteiger partial charge in [-0.25, -0.2) is 0 Å². The summed E-state index contributed by atoms with van der Waals surface area (Å²) < 4.78 is 20.2. The van der Waals surface area contributed by atoms with Crippen LogP contribution in [-0.2, 0) is 19.8 Å². The number of aromatic hydroxyl groups is 1. The fraction of sp³-hybridized carbons (Fsp3) is 0.286. The van der Waals surface area contributed by atoms with Crippen LogP contribution >= 0.6 is 11.3 Å². The summed E-state index contributed by atoms with van der Waals surface area (Å²) in [5.74, 6) is 0.274. The topological polar surface area (TPSA) is 51.8 Å². The largest absolute Gasteiger partial charge is 1.00 e. The van der Waals surface area contributed by atoms with Crippen molar-refractivity contribution in [2.24, 2.45) is 0 Å². The molecule has 3 rings (SSSR count). The molecule has 1 aromatic heterocycles. The Hall–Kier alpha value is -1.30. The van der Waals surface area contributed by atoms with Crippen molar-refractivity contribution >= 4 is 42.5 Å². The molecule has 0 spiro atoms. The second-order valence-electron chi connectivity index (χ2n) is 6.38. The van der Waals surface area contributed by atoms with E-state index in [1.165, 1.54) is 15.2 Å². The molecule has 0 unspecified atom stereocenters. The molecular weight excluding hydrogens is 517 g/mol. The molecule has 0 aliphatic heterocycles. The van der Waals surface area contributed by atoms with E-state index in [0.717, 1.165) is 24.6 Å². The second kappa shape index (κ2) is 11.2. The van der Waals surface area contributed by atoms with E-state index in [9.17, 15) is 5.11 Å². The molecule has 156 valence electrons. The molecule has 5 nitrogen and oxygen atoms in total. The van der Waals surface area contributed by atoms with Crippen LogP contribution in [0.25, 0.3) is 22.4 Å². The molecule has 3 aromatic rings. The maximum Gasteiger partial charge on any atom is 0.500 e. The van der Waals surface area contributed by atoms with Crippen molar-refractivity contribution in [1.29, 1.82) is 0 Å². The van der Waals surface area contributed by atoms with Gasteiger partial charge in [0.1, 0.15) is 10.4 Å². The van der Waals surface area contributed by atoms with Crippen molar-refractivity contribution in [2.75, 3.05) is 21.3 Å². The monoisotopic (exact) mass is 543 g/mol. The number of halogens is 1. The molecular formula is C21H26INO4SSi. The van der Waals surface area contributed by atoms with Crippen molar-refractivity contribution in [3.05, 3.63) is 59.1 Å². The molecule has 8 heteroatoms. The first-order valence-electron chi connectivity index (χ1n) is 9.15. The first-order valence-corrected chi connectivity index (χ1v) is 11.9. The first kappa shape index (κ1) is 24.0. The van der Waals surface area contributed by atoms with Crippen LogP contribution in [-0.4, -0.2) is 35.2 Å². The Morgan fingerprint density at radius 2 is 1.62 bits per heavy atom. The summed E-state index contributed by atoms with van der Waals surface area (Å²) in [6, 6.07) is 16.4. The summed E-state index contributed by atoms with van der Waals surface area (Å²) in [6.07, 6.45) is 5.09. The number of thiazole rings is 1. The SMILES string of the molecule is CO[Si](CCC[n+]1c(/C=C/c2ccc(O)cc2)sc2ccccc21)(OC)OC.[I-]. The van der Waals surface area contributed by atoms with Crippen molar-refractivity contribution in [1.82, 2.24) is 0 Å². The van der Waals surface area contributed by atoms with Gasteiger partial charge < -0.3 is 42.4 Å². The summed E-state index contributed by atoms with van der Waals surface area (Å²) >= 11 is 1.77. The van der Waals surface area contributed by atoms with Gasteiger partial charge in [-0.2, -0.15) is 4.57 Å². The van der Waals surface area contributed by atoms with E-state index < -0.39 is 8.80 Å². The molecule has 0 amide bonds. The number of benzene rings is 2. The lowest BCUT2D eigenvalue weighted by Crippen LogP contribution is -3.00. The van der Waals surface area contributed by atoms with Gasteiger partial charge in [-0.1, -0.05) is 35.6 Å². The van der Waals surface area contributed by atoms with Crippen LogP contribution in [0.3, 0.4) is 0 Å². The normalized spacial score (nSPS) is 11.8. The zero-order valence-corrected chi connectivity index (χ0v) is 20.8. The van der Waals surface area contributed by atoms with E-state index in [-0.39, 0.29) is 29.7 Å². The summed E-state index contributed by atoms with van der Waals surface area (Å²) in [5.41, 5.74) is 2.27.